The van der Waals surface area contributed by atoms with Gasteiger partial charge in [-0.2, -0.15) is 0 Å². The Morgan fingerprint density at radius 2 is 2.30 bits per heavy atom. The molecule has 1 fully saturated rings. The molecule has 2 aromatic rings. The van der Waals surface area contributed by atoms with Crippen LogP contribution in [0.1, 0.15) is 34.8 Å². The van der Waals surface area contributed by atoms with Gasteiger partial charge in [0.2, 0.25) is 0 Å². The second-order valence-electron chi connectivity index (χ2n) is 4.77. The highest BCUT2D eigenvalue weighted by Gasteiger charge is 2.26. The monoisotopic (exact) mass is 289 g/mol. The summed E-state index contributed by atoms with van der Waals surface area (Å²) < 4.78 is 4.71. The maximum atomic E-state index is 11.6. The van der Waals surface area contributed by atoms with Crippen molar-refractivity contribution in [2.75, 3.05) is 18.2 Å². The number of thiazole rings is 1. The van der Waals surface area contributed by atoms with Crippen molar-refractivity contribution in [3.8, 4) is 0 Å². The molecule has 0 bridgehead atoms. The Kier molecular flexibility index (Phi) is 3.31. The van der Waals surface area contributed by atoms with E-state index in [1.807, 2.05) is 6.07 Å². The highest BCUT2D eigenvalue weighted by Crippen LogP contribution is 2.41. The van der Waals surface area contributed by atoms with Gasteiger partial charge in [0.25, 0.3) is 0 Å². The van der Waals surface area contributed by atoms with Crippen molar-refractivity contribution in [2.45, 2.75) is 18.8 Å². The molecule has 0 amide bonds. The smallest absolute Gasteiger partial charge is 0.340 e. The Bertz CT molecular complexity index is 650. The topological polar surface area (TPSA) is 77.2 Å². The summed E-state index contributed by atoms with van der Waals surface area (Å²) in [5.41, 5.74) is 8.46. The number of rotatable bonds is 4. The number of nitrogen functional groups attached to an aromatic ring is 1. The van der Waals surface area contributed by atoms with Crippen molar-refractivity contribution in [1.29, 1.82) is 0 Å². The molecule has 0 atom stereocenters. The van der Waals surface area contributed by atoms with Crippen LogP contribution in [-0.2, 0) is 4.74 Å². The first-order valence-electron chi connectivity index (χ1n) is 6.37. The Labute approximate surface area is 120 Å². The second-order valence-corrected chi connectivity index (χ2v) is 5.63. The standard InChI is InChI=1S/C14H15N3O2S/c1-19-13(18)10-6-9(4-5-11(10)15)16-14-17-12(7-20-14)8-2-3-8/h4-8H,2-3,15H2,1H3,(H,16,17). The zero-order valence-corrected chi connectivity index (χ0v) is 11.9. The van der Waals surface area contributed by atoms with Gasteiger partial charge in [0, 0.05) is 22.7 Å². The van der Waals surface area contributed by atoms with Crippen molar-refractivity contribution < 1.29 is 9.53 Å². The van der Waals surface area contributed by atoms with E-state index in [4.69, 9.17) is 10.5 Å². The number of nitrogens with zero attached hydrogens (tertiary/aromatic N) is 1. The predicted molar refractivity (Wildman–Crippen MR) is 79.6 cm³/mol. The van der Waals surface area contributed by atoms with Crippen LogP contribution in [0.5, 0.6) is 0 Å². The van der Waals surface area contributed by atoms with E-state index >= 15 is 0 Å². The zero-order valence-electron chi connectivity index (χ0n) is 11.1. The number of benzene rings is 1. The van der Waals surface area contributed by atoms with Crippen molar-refractivity contribution in [1.82, 2.24) is 4.98 Å². The lowest BCUT2D eigenvalue weighted by molar-refractivity contribution is 0.0602. The number of aromatic nitrogens is 1. The minimum atomic E-state index is -0.441. The van der Waals surface area contributed by atoms with E-state index in [9.17, 15) is 4.79 Å². The van der Waals surface area contributed by atoms with Gasteiger partial charge >= 0.3 is 5.97 Å². The molecule has 6 heteroatoms. The molecule has 0 radical (unpaired) electrons. The van der Waals surface area contributed by atoms with Crippen LogP contribution in [-0.4, -0.2) is 18.1 Å². The molecule has 5 nitrogen and oxygen atoms in total. The molecule has 0 aliphatic heterocycles. The Morgan fingerprint density at radius 3 is 3.00 bits per heavy atom. The summed E-state index contributed by atoms with van der Waals surface area (Å²) in [4.78, 5) is 16.1. The first-order chi connectivity index (χ1) is 9.67. The first-order valence-corrected chi connectivity index (χ1v) is 7.25. The van der Waals surface area contributed by atoms with E-state index in [1.165, 1.54) is 20.0 Å². The van der Waals surface area contributed by atoms with Gasteiger partial charge in [0.1, 0.15) is 0 Å². The van der Waals surface area contributed by atoms with Gasteiger partial charge < -0.3 is 15.8 Å². The number of methoxy groups -OCH3 is 1. The number of hydrogen-bond donors (Lipinski definition) is 2. The van der Waals surface area contributed by atoms with Crippen molar-refractivity contribution >= 4 is 33.8 Å². The summed E-state index contributed by atoms with van der Waals surface area (Å²) in [5, 5.41) is 6.11. The fraction of sp³-hybridized carbons (Fsp3) is 0.286. The highest BCUT2D eigenvalue weighted by molar-refractivity contribution is 7.13. The molecule has 1 aliphatic carbocycles. The van der Waals surface area contributed by atoms with Gasteiger partial charge in [-0.25, -0.2) is 9.78 Å². The predicted octanol–water partition coefficient (Wildman–Crippen LogP) is 3.13. The summed E-state index contributed by atoms with van der Waals surface area (Å²) >= 11 is 1.57. The molecule has 1 heterocycles. The fourth-order valence-corrected chi connectivity index (χ4v) is 2.77. The number of nitrogens with one attached hydrogen (secondary N) is 1. The average Bonchev–Trinajstić information content (AvgIpc) is 3.21. The van der Waals surface area contributed by atoms with Gasteiger partial charge in [-0.1, -0.05) is 0 Å². The van der Waals surface area contributed by atoms with E-state index in [-0.39, 0.29) is 0 Å². The van der Waals surface area contributed by atoms with Crippen molar-refractivity contribution in [2.24, 2.45) is 0 Å². The molecule has 3 rings (SSSR count). The third-order valence-corrected chi connectivity index (χ3v) is 4.00. The number of esters is 1. The molecule has 1 aromatic carbocycles. The third-order valence-electron chi connectivity index (χ3n) is 3.23. The summed E-state index contributed by atoms with van der Waals surface area (Å²) in [5.74, 6) is 0.197. The second kappa shape index (κ2) is 5.13. The number of hydrogen-bond acceptors (Lipinski definition) is 6. The number of nitrogens with two attached hydrogens (primary N) is 1. The highest BCUT2D eigenvalue weighted by atomic mass is 32.1. The van der Waals surface area contributed by atoms with E-state index in [1.54, 1.807) is 23.5 Å². The average molecular weight is 289 g/mol. The fourth-order valence-electron chi connectivity index (χ4n) is 1.95. The Hall–Kier alpha value is -2.08. The maximum absolute atomic E-state index is 11.6. The number of ether oxygens (including phenoxy) is 1. The summed E-state index contributed by atoms with van der Waals surface area (Å²) in [6.45, 7) is 0. The van der Waals surface area contributed by atoms with Crippen LogP contribution in [0.15, 0.2) is 23.6 Å². The van der Waals surface area contributed by atoms with Gasteiger partial charge in [-0.15, -0.1) is 11.3 Å². The van der Waals surface area contributed by atoms with E-state index in [0.717, 1.165) is 16.5 Å². The van der Waals surface area contributed by atoms with Crippen LogP contribution in [0.3, 0.4) is 0 Å². The molecule has 0 saturated heterocycles. The van der Waals surface area contributed by atoms with Gasteiger partial charge in [0.15, 0.2) is 5.13 Å². The summed E-state index contributed by atoms with van der Waals surface area (Å²) in [7, 11) is 1.34. The van der Waals surface area contributed by atoms with Gasteiger partial charge in [0.05, 0.1) is 18.4 Å². The van der Waals surface area contributed by atoms with Crippen molar-refractivity contribution in [3.05, 3.63) is 34.8 Å². The lowest BCUT2D eigenvalue weighted by Gasteiger charge is -2.07. The molecular weight excluding hydrogens is 274 g/mol. The van der Waals surface area contributed by atoms with Crippen LogP contribution in [0.4, 0.5) is 16.5 Å². The normalized spacial score (nSPS) is 14.1. The van der Waals surface area contributed by atoms with Gasteiger partial charge in [-0.3, -0.25) is 0 Å². The van der Waals surface area contributed by atoms with E-state index in [0.29, 0.717) is 17.2 Å². The largest absolute Gasteiger partial charge is 0.465 e. The lowest BCUT2D eigenvalue weighted by atomic mass is 10.1. The number of carbonyl (C=O) groups is 1. The molecule has 104 valence electrons. The third kappa shape index (κ3) is 2.60. The Balaban J connectivity index is 1.80. The SMILES string of the molecule is COC(=O)c1cc(Nc2nc(C3CC3)cs2)ccc1N. The molecule has 1 aromatic heterocycles. The number of anilines is 3. The summed E-state index contributed by atoms with van der Waals surface area (Å²) in [6, 6.07) is 5.18. The molecule has 20 heavy (non-hydrogen) atoms. The first kappa shape index (κ1) is 12.9. The minimum absolute atomic E-state index is 0.358. The van der Waals surface area contributed by atoms with Crippen LogP contribution < -0.4 is 11.1 Å². The molecule has 1 saturated carbocycles. The van der Waals surface area contributed by atoms with Crippen molar-refractivity contribution in [3.63, 3.8) is 0 Å². The van der Waals surface area contributed by atoms with Crippen LogP contribution in [0.25, 0.3) is 0 Å². The maximum Gasteiger partial charge on any atom is 0.340 e. The van der Waals surface area contributed by atoms with Crippen LogP contribution in [0.2, 0.25) is 0 Å². The van der Waals surface area contributed by atoms with Gasteiger partial charge in [-0.05, 0) is 31.0 Å². The van der Waals surface area contributed by atoms with Crippen LogP contribution >= 0.6 is 11.3 Å². The Morgan fingerprint density at radius 1 is 1.50 bits per heavy atom. The van der Waals surface area contributed by atoms with E-state index < -0.39 is 5.97 Å². The minimum Gasteiger partial charge on any atom is -0.465 e. The van der Waals surface area contributed by atoms with Crippen LogP contribution in [0, 0.1) is 0 Å². The molecule has 3 N–H and O–H groups in total. The molecule has 0 spiro atoms. The number of carbonyl (C=O) groups excluding carboxylic acids is 1. The lowest BCUT2D eigenvalue weighted by Crippen LogP contribution is -2.06. The van der Waals surface area contributed by atoms with E-state index in [2.05, 4.69) is 15.7 Å². The quantitative estimate of drug-likeness (QED) is 0.668. The molecule has 1 aliphatic rings. The molecular formula is C14H15N3O2S. The molecule has 0 unspecified atom stereocenters. The zero-order chi connectivity index (χ0) is 14.1. The summed E-state index contributed by atoms with van der Waals surface area (Å²) in [6.07, 6.45) is 2.47.